The summed E-state index contributed by atoms with van der Waals surface area (Å²) in [5.74, 6) is 5.37. The highest BCUT2D eigenvalue weighted by molar-refractivity contribution is 6.02. The van der Waals surface area contributed by atoms with Gasteiger partial charge in [-0.2, -0.15) is 5.10 Å². The number of hydrogen-bond acceptors (Lipinski definition) is 6. The van der Waals surface area contributed by atoms with Crippen LogP contribution >= 0.6 is 0 Å². The molecule has 1 atom stereocenters. The molecular formula is C28H36N4O5. The predicted molar refractivity (Wildman–Crippen MR) is 139 cm³/mol. The minimum absolute atomic E-state index is 0.0455. The van der Waals surface area contributed by atoms with Gasteiger partial charge in [-0.3, -0.25) is 19.6 Å². The molecule has 198 valence electrons. The van der Waals surface area contributed by atoms with Gasteiger partial charge in [0.1, 0.15) is 12.2 Å². The fraction of sp³-hybridized carbons (Fsp3) is 0.571. The molecule has 0 spiro atoms. The molecule has 3 heterocycles. The number of nitrogens with one attached hydrogen (secondary N) is 1. The number of ether oxygens (including phenoxy) is 2. The van der Waals surface area contributed by atoms with Crippen LogP contribution in [0.5, 0.6) is 0 Å². The molecule has 1 N–H and O–H groups in total. The van der Waals surface area contributed by atoms with Gasteiger partial charge in [0, 0.05) is 30.9 Å². The molecule has 0 radical (unpaired) electrons. The Bertz CT molecular complexity index is 1240. The summed E-state index contributed by atoms with van der Waals surface area (Å²) in [5, 5.41) is 8.11. The number of amides is 3. The van der Waals surface area contributed by atoms with Gasteiger partial charge in [0.05, 0.1) is 28.8 Å². The van der Waals surface area contributed by atoms with E-state index in [4.69, 9.17) is 14.6 Å². The Kier molecular flexibility index (Phi) is 7.88. The van der Waals surface area contributed by atoms with Gasteiger partial charge in [-0.25, -0.2) is 4.79 Å². The van der Waals surface area contributed by atoms with Crippen LogP contribution in [0.15, 0.2) is 18.2 Å². The van der Waals surface area contributed by atoms with Gasteiger partial charge < -0.3 is 14.4 Å². The molecule has 2 aliphatic heterocycles. The number of para-hydroxylation sites is 1. The van der Waals surface area contributed by atoms with Gasteiger partial charge in [0.2, 0.25) is 11.8 Å². The summed E-state index contributed by atoms with van der Waals surface area (Å²) in [6.45, 7) is 11.2. The average molecular weight is 509 g/mol. The molecule has 4 rings (SSSR count). The van der Waals surface area contributed by atoms with Crippen LogP contribution < -0.4 is 5.32 Å². The number of benzene rings is 1. The van der Waals surface area contributed by atoms with Crippen LogP contribution in [0.2, 0.25) is 0 Å². The van der Waals surface area contributed by atoms with Crippen molar-refractivity contribution in [2.45, 2.75) is 84.0 Å². The molecule has 37 heavy (non-hydrogen) atoms. The van der Waals surface area contributed by atoms with E-state index in [2.05, 4.69) is 17.2 Å². The Balaban J connectivity index is 1.43. The first-order valence-electron chi connectivity index (χ1n) is 13.0. The third-order valence-electron chi connectivity index (χ3n) is 6.52. The Hall–Kier alpha value is -3.38. The summed E-state index contributed by atoms with van der Waals surface area (Å²) in [5.41, 5.74) is 1.89. The first kappa shape index (κ1) is 26.7. The highest BCUT2D eigenvalue weighted by atomic mass is 16.6. The fourth-order valence-electron chi connectivity index (χ4n) is 4.73. The lowest BCUT2D eigenvalue weighted by molar-refractivity contribution is -0.134. The summed E-state index contributed by atoms with van der Waals surface area (Å²) in [6, 6.07) is 5.89. The topological polar surface area (TPSA) is 103 Å². The quantitative estimate of drug-likeness (QED) is 0.496. The molecule has 2 aliphatic rings. The maximum Gasteiger partial charge on any atom is 0.410 e. The van der Waals surface area contributed by atoms with E-state index >= 15 is 0 Å². The van der Waals surface area contributed by atoms with Crippen LogP contribution in [0.1, 0.15) is 83.5 Å². The molecule has 0 aliphatic carbocycles. The van der Waals surface area contributed by atoms with E-state index in [1.54, 1.807) is 4.90 Å². The van der Waals surface area contributed by atoms with Crippen molar-refractivity contribution in [2.75, 3.05) is 19.7 Å². The normalized spacial score (nSPS) is 19.1. The smallest absolute Gasteiger partial charge is 0.410 e. The fourth-order valence-corrected chi connectivity index (χ4v) is 4.73. The van der Waals surface area contributed by atoms with Gasteiger partial charge >= 0.3 is 6.09 Å². The molecule has 2 fully saturated rings. The van der Waals surface area contributed by atoms with E-state index < -0.39 is 11.5 Å². The van der Waals surface area contributed by atoms with Crippen LogP contribution in [0, 0.1) is 11.8 Å². The number of piperidine rings is 2. The van der Waals surface area contributed by atoms with Crippen LogP contribution in [0.3, 0.4) is 0 Å². The van der Waals surface area contributed by atoms with Gasteiger partial charge in [-0.05, 0) is 59.9 Å². The average Bonchev–Trinajstić information content (AvgIpc) is 3.22. The van der Waals surface area contributed by atoms with Crippen molar-refractivity contribution in [3.05, 3.63) is 29.5 Å². The van der Waals surface area contributed by atoms with Crippen molar-refractivity contribution >= 4 is 28.8 Å². The maximum absolute atomic E-state index is 12.5. The lowest BCUT2D eigenvalue weighted by atomic mass is 9.92. The number of carbonyl (C=O) groups is 3. The lowest BCUT2D eigenvalue weighted by Gasteiger charge is -2.33. The number of fused-ring (bicyclic) bond motifs is 1. The van der Waals surface area contributed by atoms with Crippen LogP contribution in [-0.2, 0) is 19.1 Å². The lowest BCUT2D eigenvalue weighted by Crippen LogP contribution is -2.43. The molecule has 0 bridgehead atoms. The third-order valence-corrected chi connectivity index (χ3v) is 6.52. The first-order chi connectivity index (χ1) is 17.5. The highest BCUT2D eigenvalue weighted by Gasteiger charge is 2.32. The minimum Gasteiger partial charge on any atom is -0.444 e. The number of nitrogens with zero attached hydrogens (tertiary/aromatic N) is 3. The van der Waals surface area contributed by atoms with Crippen LogP contribution in [-0.4, -0.2) is 64.0 Å². The van der Waals surface area contributed by atoms with E-state index in [9.17, 15) is 14.4 Å². The molecule has 1 aromatic carbocycles. The van der Waals surface area contributed by atoms with Crippen molar-refractivity contribution in [2.24, 2.45) is 0 Å². The Morgan fingerprint density at radius 3 is 2.57 bits per heavy atom. The molecule has 0 saturated carbocycles. The van der Waals surface area contributed by atoms with E-state index in [1.807, 2.05) is 57.5 Å². The SMILES string of the molecule is CC(C)n1nc(C2CCC(=O)NC2=O)c2cccc(C#CCOC3CCN(C(=O)OC(C)(C)C)CC3)c21. The Morgan fingerprint density at radius 1 is 1.19 bits per heavy atom. The zero-order valence-electron chi connectivity index (χ0n) is 22.3. The Labute approximate surface area is 217 Å². The van der Waals surface area contributed by atoms with Gasteiger partial charge in [-0.15, -0.1) is 0 Å². The van der Waals surface area contributed by atoms with Crippen LogP contribution in [0.25, 0.3) is 10.9 Å². The van der Waals surface area contributed by atoms with Crippen LogP contribution in [0.4, 0.5) is 4.79 Å². The second-order valence-corrected chi connectivity index (χ2v) is 10.9. The van der Waals surface area contributed by atoms with Crippen molar-refractivity contribution in [3.8, 4) is 11.8 Å². The zero-order chi connectivity index (χ0) is 26.7. The van der Waals surface area contributed by atoms with Crippen molar-refractivity contribution in [1.29, 1.82) is 0 Å². The summed E-state index contributed by atoms with van der Waals surface area (Å²) in [6.07, 6.45) is 2.00. The second kappa shape index (κ2) is 10.9. The molecule has 2 aromatic rings. The Morgan fingerprint density at radius 2 is 1.92 bits per heavy atom. The van der Waals surface area contributed by atoms with E-state index in [0.717, 1.165) is 29.3 Å². The molecule has 9 nitrogen and oxygen atoms in total. The van der Waals surface area contributed by atoms with E-state index in [0.29, 0.717) is 31.6 Å². The van der Waals surface area contributed by atoms with Crippen molar-refractivity contribution in [1.82, 2.24) is 20.0 Å². The monoisotopic (exact) mass is 508 g/mol. The summed E-state index contributed by atoms with van der Waals surface area (Å²) in [7, 11) is 0. The van der Waals surface area contributed by atoms with Crippen molar-refractivity contribution in [3.63, 3.8) is 0 Å². The second-order valence-electron chi connectivity index (χ2n) is 10.9. The number of hydrogen-bond donors (Lipinski definition) is 1. The van der Waals surface area contributed by atoms with Gasteiger partial charge in [0.15, 0.2) is 0 Å². The van der Waals surface area contributed by atoms with E-state index in [1.165, 1.54) is 0 Å². The molecule has 9 heteroatoms. The number of imide groups is 1. The highest BCUT2D eigenvalue weighted by Crippen LogP contribution is 2.33. The predicted octanol–water partition coefficient (Wildman–Crippen LogP) is 3.91. The maximum atomic E-state index is 12.5. The standard InChI is InChI=1S/C28H36N4O5/c1-18(2)32-25-19(8-6-10-21(25)24(30-32)22-11-12-23(33)29-26(22)34)9-7-17-36-20-13-15-31(16-14-20)27(35)37-28(3,4)5/h6,8,10,18,20,22H,11-17H2,1-5H3,(H,29,33,34). The van der Waals surface area contributed by atoms with Gasteiger partial charge in [0.25, 0.3) is 0 Å². The molecule has 1 aromatic heterocycles. The summed E-state index contributed by atoms with van der Waals surface area (Å²) < 4.78 is 13.3. The number of rotatable bonds is 4. The van der Waals surface area contributed by atoms with Gasteiger partial charge in [-0.1, -0.05) is 24.0 Å². The molecule has 2 saturated heterocycles. The largest absolute Gasteiger partial charge is 0.444 e. The number of likely N-dealkylation sites (tertiary alicyclic amines) is 1. The summed E-state index contributed by atoms with van der Waals surface area (Å²) >= 11 is 0. The minimum atomic E-state index is -0.504. The third kappa shape index (κ3) is 6.31. The first-order valence-corrected chi connectivity index (χ1v) is 13.0. The van der Waals surface area contributed by atoms with E-state index in [-0.39, 0.29) is 36.7 Å². The molecular weight excluding hydrogens is 472 g/mol. The molecule has 1 unspecified atom stereocenters. The zero-order valence-corrected chi connectivity index (χ0v) is 22.3. The summed E-state index contributed by atoms with van der Waals surface area (Å²) in [4.78, 5) is 38.1. The number of aromatic nitrogens is 2. The van der Waals surface area contributed by atoms with Crippen molar-refractivity contribution < 1.29 is 23.9 Å². The molecule has 3 amide bonds. The number of carbonyl (C=O) groups excluding carboxylic acids is 3.